The number of ether oxygens (including phenoxy) is 1. The molecular weight excluding hydrogens is 308 g/mol. The molecule has 3 rings (SSSR count). The smallest absolute Gasteiger partial charge is 0.338 e. The molecule has 6 heteroatoms. The summed E-state index contributed by atoms with van der Waals surface area (Å²) in [6.07, 6.45) is 1.93. The number of carbonyl (C=O) groups is 1. The summed E-state index contributed by atoms with van der Waals surface area (Å²) < 4.78 is 4.93. The number of fused-ring (bicyclic) bond motifs is 1. The fourth-order valence-corrected chi connectivity index (χ4v) is 3.36. The Bertz CT molecular complexity index is 679. The zero-order valence-corrected chi connectivity index (χ0v) is 13.1. The van der Waals surface area contributed by atoms with Gasteiger partial charge in [0.25, 0.3) is 0 Å². The number of methoxy groups -OCH3 is 1. The van der Waals surface area contributed by atoms with Crippen LogP contribution in [0.4, 0.5) is 0 Å². The second-order valence-electron chi connectivity index (χ2n) is 4.65. The van der Waals surface area contributed by atoms with Crippen molar-refractivity contribution < 1.29 is 9.53 Å². The first-order valence-corrected chi connectivity index (χ1v) is 7.62. The number of hydrogen-bond acceptors (Lipinski definition) is 5. The lowest BCUT2D eigenvalue weighted by Gasteiger charge is -2.33. The van der Waals surface area contributed by atoms with Crippen molar-refractivity contribution in [3.8, 4) is 0 Å². The lowest BCUT2D eigenvalue weighted by atomic mass is 9.95. The van der Waals surface area contributed by atoms with Crippen LogP contribution in [0.15, 0.2) is 52.1 Å². The van der Waals surface area contributed by atoms with Gasteiger partial charge in [-0.3, -0.25) is 0 Å². The van der Waals surface area contributed by atoms with Gasteiger partial charge in [0, 0.05) is 11.2 Å². The van der Waals surface area contributed by atoms with Gasteiger partial charge in [-0.2, -0.15) is 0 Å². The Morgan fingerprint density at radius 3 is 2.76 bits per heavy atom. The third-order valence-corrected chi connectivity index (χ3v) is 4.43. The Hall–Kier alpha value is -1.72. The Labute approximate surface area is 132 Å². The highest BCUT2D eigenvalue weighted by Gasteiger charge is 2.37. The molecule has 2 heterocycles. The summed E-state index contributed by atoms with van der Waals surface area (Å²) >= 11 is 7.49. The largest absolute Gasteiger partial charge is 0.466 e. The zero-order chi connectivity index (χ0) is 15.0. The number of allylic oxidation sites excluding steroid dienone is 1. The zero-order valence-electron chi connectivity index (χ0n) is 11.5. The van der Waals surface area contributed by atoms with E-state index < -0.39 is 0 Å². The molecule has 0 saturated heterocycles. The Balaban J connectivity index is 2.13. The molecule has 0 bridgehead atoms. The number of carbonyl (C=O) groups excluding carboxylic acids is 1. The number of aliphatic imine (C=N–C) groups is 1. The molecule has 0 unspecified atom stereocenters. The summed E-state index contributed by atoms with van der Waals surface area (Å²) in [5, 5.41) is 3.48. The molecular formula is C15H13ClN2O2S. The molecule has 0 spiro atoms. The SMILES string of the molecule is COC(=O)C1=C(C)N=C2SC=CN2[C@H]1c1ccc(Cl)cc1. The quantitative estimate of drug-likeness (QED) is 0.779. The first-order valence-electron chi connectivity index (χ1n) is 6.36. The van der Waals surface area contributed by atoms with Crippen LogP contribution in [-0.2, 0) is 9.53 Å². The second-order valence-corrected chi connectivity index (χ2v) is 5.96. The second kappa shape index (κ2) is 5.58. The minimum atomic E-state index is -0.361. The number of amidine groups is 1. The van der Waals surface area contributed by atoms with Crippen molar-refractivity contribution in [1.82, 2.24) is 4.90 Å². The van der Waals surface area contributed by atoms with Gasteiger partial charge in [0.15, 0.2) is 5.17 Å². The summed E-state index contributed by atoms with van der Waals surface area (Å²) in [7, 11) is 1.38. The number of nitrogens with zero attached hydrogens (tertiary/aromatic N) is 2. The van der Waals surface area contributed by atoms with Crippen molar-refractivity contribution in [2.45, 2.75) is 13.0 Å². The monoisotopic (exact) mass is 320 g/mol. The molecule has 2 aliphatic rings. The van der Waals surface area contributed by atoms with Crippen molar-refractivity contribution in [2.75, 3.05) is 7.11 Å². The molecule has 0 amide bonds. The topological polar surface area (TPSA) is 41.9 Å². The highest BCUT2D eigenvalue weighted by atomic mass is 35.5. The number of esters is 1. The number of hydrogen-bond donors (Lipinski definition) is 0. The van der Waals surface area contributed by atoms with Crippen LogP contribution in [0.25, 0.3) is 0 Å². The number of benzene rings is 1. The minimum Gasteiger partial charge on any atom is -0.466 e. The van der Waals surface area contributed by atoms with Gasteiger partial charge in [0.05, 0.1) is 24.4 Å². The Morgan fingerprint density at radius 2 is 2.10 bits per heavy atom. The maximum Gasteiger partial charge on any atom is 0.338 e. The highest BCUT2D eigenvalue weighted by Crippen LogP contribution is 2.41. The first-order chi connectivity index (χ1) is 10.1. The maximum absolute atomic E-state index is 12.2. The van der Waals surface area contributed by atoms with Crippen LogP contribution < -0.4 is 0 Å². The molecule has 1 aromatic carbocycles. The predicted molar refractivity (Wildman–Crippen MR) is 84.9 cm³/mol. The maximum atomic E-state index is 12.2. The van der Waals surface area contributed by atoms with E-state index in [0.29, 0.717) is 16.3 Å². The molecule has 4 nitrogen and oxygen atoms in total. The summed E-state index contributed by atoms with van der Waals surface area (Å²) in [5.41, 5.74) is 2.21. The summed E-state index contributed by atoms with van der Waals surface area (Å²) in [6, 6.07) is 7.23. The third-order valence-electron chi connectivity index (χ3n) is 3.41. The molecule has 0 aliphatic carbocycles. The molecule has 1 atom stereocenters. The lowest BCUT2D eigenvalue weighted by Crippen LogP contribution is -2.33. The Kier molecular flexibility index (Phi) is 3.78. The average Bonchev–Trinajstić information content (AvgIpc) is 2.94. The van der Waals surface area contributed by atoms with Crippen LogP contribution in [0.2, 0.25) is 5.02 Å². The molecule has 1 aromatic rings. The normalized spacial score (nSPS) is 20.4. The van der Waals surface area contributed by atoms with Crippen LogP contribution >= 0.6 is 23.4 Å². The van der Waals surface area contributed by atoms with Crippen molar-refractivity contribution >= 4 is 34.5 Å². The van der Waals surface area contributed by atoms with E-state index >= 15 is 0 Å². The van der Waals surface area contributed by atoms with Gasteiger partial charge in [-0.1, -0.05) is 35.5 Å². The fraction of sp³-hybridized carbons (Fsp3) is 0.200. The third kappa shape index (κ3) is 2.47. The van der Waals surface area contributed by atoms with Gasteiger partial charge in [0.2, 0.25) is 0 Å². The van der Waals surface area contributed by atoms with E-state index in [4.69, 9.17) is 16.3 Å². The predicted octanol–water partition coefficient (Wildman–Crippen LogP) is 3.72. The van der Waals surface area contributed by atoms with E-state index in [2.05, 4.69) is 4.99 Å². The van der Waals surface area contributed by atoms with Crippen molar-refractivity contribution in [3.63, 3.8) is 0 Å². The van der Waals surface area contributed by atoms with E-state index in [0.717, 1.165) is 10.7 Å². The van der Waals surface area contributed by atoms with Gasteiger partial charge in [-0.25, -0.2) is 9.79 Å². The minimum absolute atomic E-state index is 0.242. The molecule has 108 valence electrons. The van der Waals surface area contributed by atoms with E-state index in [9.17, 15) is 4.79 Å². The summed E-state index contributed by atoms with van der Waals surface area (Å²) in [6.45, 7) is 1.83. The van der Waals surface area contributed by atoms with Crippen molar-refractivity contribution in [1.29, 1.82) is 0 Å². The number of rotatable bonds is 2. The molecule has 0 N–H and O–H groups in total. The highest BCUT2D eigenvalue weighted by molar-refractivity contribution is 8.16. The molecule has 0 fully saturated rings. The van der Waals surface area contributed by atoms with Crippen molar-refractivity contribution in [3.05, 3.63) is 57.7 Å². The van der Waals surface area contributed by atoms with Crippen LogP contribution in [-0.4, -0.2) is 23.1 Å². The van der Waals surface area contributed by atoms with E-state index in [1.807, 2.05) is 47.7 Å². The molecule has 21 heavy (non-hydrogen) atoms. The Morgan fingerprint density at radius 1 is 1.38 bits per heavy atom. The van der Waals surface area contributed by atoms with Gasteiger partial charge in [-0.05, 0) is 30.0 Å². The van der Waals surface area contributed by atoms with Crippen LogP contribution in [0.3, 0.4) is 0 Å². The van der Waals surface area contributed by atoms with Gasteiger partial charge >= 0.3 is 5.97 Å². The van der Waals surface area contributed by atoms with E-state index in [-0.39, 0.29) is 12.0 Å². The number of halogens is 1. The van der Waals surface area contributed by atoms with Gasteiger partial charge < -0.3 is 9.64 Å². The number of thioether (sulfide) groups is 1. The first kappa shape index (κ1) is 14.2. The van der Waals surface area contributed by atoms with Crippen molar-refractivity contribution in [2.24, 2.45) is 4.99 Å². The van der Waals surface area contributed by atoms with Gasteiger partial charge in [-0.15, -0.1) is 0 Å². The van der Waals surface area contributed by atoms with E-state index in [1.54, 1.807) is 0 Å². The molecule has 0 radical (unpaired) electrons. The molecule has 0 saturated carbocycles. The fourth-order valence-electron chi connectivity index (χ4n) is 2.44. The standard InChI is InChI=1S/C15H13ClN2O2S/c1-9-12(14(19)20-2)13(10-3-5-11(16)6-4-10)18-7-8-21-15(18)17-9/h3-8,13H,1-2H3/t13-/m0/s1. The van der Waals surface area contributed by atoms with Crippen LogP contribution in [0.1, 0.15) is 18.5 Å². The average molecular weight is 321 g/mol. The molecule has 0 aromatic heterocycles. The van der Waals surface area contributed by atoms with E-state index in [1.165, 1.54) is 18.9 Å². The van der Waals surface area contributed by atoms with Gasteiger partial charge in [0.1, 0.15) is 0 Å². The summed E-state index contributed by atoms with van der Waals surface area (Å²) in [5.74, 6) is -0.361. The van der Waals surface area contributed by atoms with Crippen LogP contribution in [0, 0.1) is 0 Å². The molecule has 2 aliphatic heterocycles. The van der Waals surface area contributed by atoms with Crippen LogP contribution in [0.5, 0.6) is 0 Å². The summed E-state index contributed by atoms with van der Waals surface area (Å²) in [4.78, 5) is 18.6. The lowest BCUT2D eigenvalue weighted by molar-refractivity contribution is -0.136.